The van der Waals surface area contributed by atoms with Gasteiger partial charge in [-0.1, -0.05) is 28.1 Å². The molecule has 0 saturated heterocycles. The van der Waals surface area contributed by atoms with Gasteiger partial charge in [-0.05, 0) is 46.6 Å². The molecule has 4 heteroatoms. The van der Waals surface area contributed by atoms with E-state index in [1.807, 2.05) is 37.3 Å². The number of halogens is 2. The molecule has 1 N–H and O–H groups in total. The van der Waals surface area contributed by atoms with E-state index in [0.29, 0.717) is 0 Å². The van der Waals surface area contributed by atoms with E-state index >= 15 is 0 Å². The van der Waals surface area contributed by atoms with Crippen molar-refractivity contribution in [3.8, 4) is 0 Å². The molecule has 0 spiro atoms. The Morgan fingerprint density at radius 1 is 1.19 bits per heavy atom. The Morgan fingerprint density at radius 2 is 1.81 bits per heavy atom. The molecular formula is C12H10Br2OS. The summed E-state index contributed by atoms with van der Waals surface area (Å²) < 4.78 is 2.00. The van der Waals surface area contributed by atoms with E-state index < -0.39 is 6.10 Å². The van der Waals surface area contributed by atoms with Crippen LogP contribution in [0.4, 0.5) is 0 Å². The van der Waals surface area contributed by atoms with E-state index in [1.165, 1.54) is 4.88 Å². The quantitative estimate of drug-likeness (QED) is 0.824. The van der Waals surface area contributed by atoms with Gasteiger partial charge in [0.05, 0.1) is 4.88 Å². The molecule has 1 atom stereocenters. The lowest BCUT2D eigenvalue weighted by Gasteiger charge is -2.09. The SMILES string of the molecule is Cc1cc(Br)c(C(O)c2ccc(Br)cc2)s1. The van der Waals surface area contributed by atoms with Crippen molar-refractivity contribution in [1.82, 2.24) is 0 Å². The molecule has 1 nitrogen and oxygen atoms in total. The molecule has 0 aliphatic carbocycles. The molecule has 84 valence electrons. The Hall–Kier alpha value is -0.160. The van der Waals surface area contributed by atoms with Crippen LogP contribution in [0.15, 0.2) is 39.3 Å². The van der Waals surface area contributed by atoms with Crippen molar-refractivity contribution in [2.75, 3.05) is 0 Å². The lowest BCUT2D eigenvalue weighted by molar-refractivity contribution is 0.223. The molecular weight excluding hydrogens is 352 g/mol. The first-order valence-electron chi connectivity index (χ1n) is 4.77. The highest BCUT2D eigenvalue weighted by atomic mass is 79.9. The number of rotatable bonds is 2. The molecule has 0 amide bonds. The van der Waals surface area contributed by atoms with Gasteiger partial charge in [-0.25, -0.2) is 0 Å². The average Bonchev–Trinajstić information content (AvgIpc) is 2.58. The zero-order valence-electron chi connectivity index (χ0n) is 8.58. The largest absolute Gasteiger partial charge is 0.383 e. The van der Waals surface area contributed by atoms with Crippen molar-refractivity contribution < 1.29 is 5.11 Å². The maximum atomic E-state index is 10.2. The monoisotopic (exact) mass is 360 g/mol. The molecule has 0 aliphatic heterocycles. The van der Waals surface area contributed by atoms with E-state index in [-0.39, 0.29) is 0 Å². The van der Waals surface area contributed by atoms with Gasteiger partial charge < -0.3 is 5.11 Å². The highest BCUT2D eigenvalue weighted by Gasteiger charge is 2.16. The van der Waals surface area contributed by atoms with Crippen molar-refractivity contribution in [1.29, 1.82) is 0 Å². The van der Waals surface area contributed by atoms with Crippen molar-refractivity contribution in [2.24, 2.45) is 0 Å². The van der Waals surface area contributed by atoms with Crippen LogP contribution in [0.25, 0.3) is 0 Å². The maximum absolute atomic E-state index is 10.2. The molecule has 0 aliphatic rings. The molecule has 16 heavy (non-hydrogen) atoms. The minimum Gasteiger partial charge on any atom is -0.383 e. The Bertz CT molecular complexity index is 490. The number of aliphatic hydroxyl groups excluding tert-OH is 1. The molecule has 2 aromatic rings. The Morgan fingerprint density at radius 3 is 2.31 bits per heavy atom. The summed E-state index contributed by atoms with van der Waals surface area (Å²) in [6.45, 7) is 2.03. The average molecular weight is 362 g/mol. The van der Waals surface area contributed by atoms with Crippen LogP contribution in [-0.2, 0) is 0 Å². The van der Waals surface area contributed by atoms with E-state index in [9.17, 15) is 5.11 Å². The minimum atomic E-state index is -0.554. The molecule has 0 radical (unpaired) electrons. The third-order valence-corrected chi connectivity index (χ3v) is 4.82. The topological polar surface area (TPSA) is 20.2 Å². The van der Waals surface area contributed by atoms with Gasteiger partial charge in [0.15, 0.2) is 0 Å². The Kier molecular flexibility index (Phi) is 3.85. The lowest BCUT2D eigenvalue weighted by atomic mass is 10.1. The van der Waals surface area contributed by atoms with Gasteiger partial charge in [0.2, 0.25) is 0 Å². The van der Waals surface area contributed by atoms with Crippen molar-refractivity contribution in [2.45, 2.75) is 13.0 Å². The van der Waals surface area contributed by atoms with Crippen LogP contribution in [-0.4, -0.2) is 5.11 Å². The van der Waals surface area contributed by atoms with Gasteiger partial charge in [0.1, 0.15) is 6.10 Å². The smallest absolute Gasteiger partial charge is 0.114 e. The Labute approximate surface area is 115 Å². The molecule has 1 aromatic heterocycles. The van der Waals surface area contributed by atoms with Crippen molar-refractivity contribution >= 4 is 43.2 Å². The van der Waals surface area contributed by atoms with Crippen LogP contribution in [0, 0.1) is 6.92 Å². The first-order valence-corrected chi connectivity index (χ1v) is 7.17. The van der Waals surface area contributed by atoms with Gasteiger partial charge in [0.25, 0.3) is 0 Å². The third kappa shape index (κ3) is 2.56. The highest BCUT2D eigenvalue weighted by molar-refractivity contribution is 9.10. The van der Waals surface area contributed by atoms with Crippen LogP contribution >= 0.6 is 43.2 Å². The van der Waals surface area contributed by atoms with Gasteiger partial charge in [-0.3, -0.25) is 0 Å². The molecule has 2 rings (SSSR count). The fraction of sp³-hybridized carbons (Fsp3) is 0.167. The van der Waals surface area contributed by atoms with E-state index in [2.05, 4.69) is 31.9 Å². The predicted octanol–water partition coefficient (Wildman–Crippen LogP) is 4.66. The highest BCUT2D eigenvalue weighted by Crippen LogP contribution is 2.35. The summed E-state index contributed by atoms with van der Waals surface area (Å²) >= 11 is 8.46. The van der Waals surface area contributed by atoms with Gasteiger partial charge in [-0.2, -0.15) is 0 Å². The lowest BCUT2D eigenvalue weighted by Crippen LogP contribution is -1.97. The second kappa shape index (κ2) is 5.00. The fourth-order valence-corrected chi connectivity index (χ4v) is 3.63. The standard InChI is InChI=1S/C12H10Br2OS/c1-7-6-10(14)12(16-7)11(15)8-2-4-9(13)5-3-8/h2-6,11,15H,1H3. The normalized spacial score (nSPS) is 12.8. The molecule has 1 aromatic carbocycles. The number of thiophene rings is 1. The van der Waals surface area contributed by atoms with Crippen LogP contribution in [0.5, 0.6) is 0 Å². The summed E-state index contributed by atoms with van der Waals surface area (Å²) in [6.07, 6.45) is -0.554. The summed E-state index contributed by atoms with van der Waals surface area (Å²) in [5.41, 5.74) is 0.908. The zero-order chi connectivity index (χ0) is 11.7. The van der Waals surface area contributed by atoms with Gasteiger partial charge in [0, 0.05) is 13.8 Å². The summed E-state index contributed by atoms with van der Waals surface area (Å²) in [5, 5.41) is 10.2. The number of hydrogen-bond donors (Lipinski definition) is 1. The van der Waals surface area contributed by atoms with E-state index in [4.69, 9.17) is 0 Å². The second-order valence-electron chi connectivity index (χ2n) is 3.52. The van der Waals surface area contributed by atoms with Gasteiger partial charge >= 0.3 is 0 Å². The number of benzene rings is 1. The van der Waals surface area contributed by atoms with Crippen molar-refractivity contribution in [3.63, 3.8) is 0 Å². The van der Waals surface area contributed by atoms with Crippen LogP contribution in [0.2, 0.25) is 0 Å². The van der Waals surface area contributed by atoms with Crippen molar-refractivity contribution in [3.05, 3.63) is 54.6 Å². The number of aliphatic hydroxyl groups is 1. The van der Waals surface area contributed by atoms with Crippen LogP contribution < -0.4 is 0 Å². The van der Waals surface area contributed by atoms with Crippen LogP contribution in [0.3, 0.4) is 0 Å². The first-order chi connectivity index (χ1) is 7.58. The zero-order valence-corrected chi connectivity index (χ0v) is 12.6. The molecule has 1 heterocycles. The molecule has 0 fully saturated rings. The summed E-state index contributed by atoms with van der Waals surface area (Å²) in [6, 6.07) is 9.76. The van der Waals surface area contributed by atoms with E-state index in [0.717, 1.165) is 19.4 Å². The second-order valence-corrected chi connectivity index (χ2v) is 6.58. The number of aryl methyl sites for hydroxylation is 1. The Balaban J connectivity index is 2.35. The number of hydrogen-bond acceptors (Lipinski definition) is 2. The van der Waals surface area contributed by atoms with Gasteiger partial charge in [-0.15, -0.1) is 11.3 Å². The fourth-order valence-electron chi connectivity index (χ4n) is 1.48. The third-order valence-electron chi connectivity index (χ3n) is 2.27. The summed E-state index contributed by atoms with van der Waals surface area (Å²) in [5.74, 6) is 0. The summed E-state index contributed by atoms with van der Waals surface area (Å²) in [4.78, 5) is 2.15. The summed E-state index contributed by atoms with van der Waals surface area (Å²) in [7, 11) is 0. The molecule has 1 unspecified atom stereocenters. The maximum Gasteiger partial charge on any atom is 0.114 e. The molecule has 0 saturated carbocycles. The van der Waals surface area contributed by atoms with Crippen LogP contribution in [0.1, 0.15) is 21.4 Å². The minimum absolute atomic E-state index is 0.554. The molecule has 0 bridgehead atoms. The predicted molar refractivity (Wildman–Crippen MR) is 75.0 cm³/mol. The first kappa shape index (κ1) is 12.3. The van der Waals surface area contributed by atoms with E-state index in [1.54, 1.807) is 11.3 Å².